The van der Waals surface area contributed by atoms with Gasteiger partial charge in [-0.3, -0.25) is 0 Å². The molecule has 0 aliphatic rings. The van der Waals surface area contributed by atoms with Crippen LogP contribution in [0, 0.1) is 11.6 Å². The van der Waals surface area contributed by atoms with Gasteiger partial charge >= 0.3 is 0 Å². The van der Waals surface area contributed by atoms with Gasteiger partial charge in [-0.1, -0.05) is 33.6 Å². The Hall–Kier alpha value is -0.970. The van der Waals surface area contributed by atoms with Crippen molar-refractivity contribution >= 4 is 27.5 Å². The van der Waals surface area contributed by atoms with Crippen molar-refractivity contribution in [2.75, 3.05) is 0 Å². The molecule has 0 fully saturated rings. The third kappa shape index (κ3) is 2.81. The molecule has 0 aliphatic heterocycles. The molecule has 0 radical (unpaired) electrons. The maximum Gasteiger partial charge on any atom is 0.128 e. The van der Waals surface area contributed by atoms with Crippen LogP contribution < -0.4 is 5.73 Å². The van der Waals surface area contributed by atoms with Gasteiger partial charge in [-0.15, -0.1) is 0 Å². The van der Waals surface area contributed by atoms with Crippen LogP contribution >= 0.6 is 27.5 Å². The normalized spacial score (nSPS) is 14.2. The van der Waals surface area contributed by atoms with Gasteiger partial charge in [-0.25, -0.2) is 8.78 Å². The highest BCUT2D eigenvalue weighted by atomic mass is 79.9. The van der Waals surface area contributed by atoms with Gasteiger partial charge in [0.15, 0.2) is 0 Å². The van der Waals surface area contributed by atoms with E-state index < -0.39 is 17.2 Å². The van der Waals surface area contributed by atoms with E-state index in [1.54, 1.807) is 25.1 Å². The smallest absolute Gasteiger partial charge is 0.128 e. The highest BCUT2D eigenvalue weighted by Gasteiger charge is 2.29. The Kier molecular flexibility index (Phi) is 3.95. The summed E-state index contributed by atoms with van der Waals surface area (Å²) in [5.74, 6) is -1.10. The number of rotatable bonds is 2. The summed E-state index contributed by atoms with van der Waals surface area (Å²) >= 11 is 9.42. The van der Waals surface area contributed by atoms with Crippen molar-refractivity contribution in [2.24, 2.45) is 5.73 Å². The fraction of sp³-hybridized carbons (Fsp3) is 0.143. The van der Waals surface area contributed by atoms with Crippen molar-refractivity contribution in [1.29, 1.82) is 0 Å². The second-order valence-corrected chi connectivity index (χ2v) is 5.77. The lowest BCUT2D eigenvalue weighted by atomic mass is 9.85. The molecule has 1 nitrogen and oxygen atoms in total. The van der Waals surface area contributed by atoms with E-state index in [1.807, 2.05) is 0 Å². The summed E-state index contributed by atoms with van der Waals surface area (Å²) in [5.41, 5.74) is 5.55. The number of benzene rings is 2. The topological polar surface area (TPSA) is 26.0 Å². The predicted molar refractivity (Wildman–Crippen MR) is 76.2 cm³/mol. The minimum Gasteiger partial charge on any atom is -0.318 e. The summed E-state index contributed by atoms with van der Waals surface area (Å²) in [7, 11) is 0. The lowest BCUT2D eigenvalue weighted by molar-refractivity contribution is 0.519. The molecule has 0 aliphatic carbocycles. The first-order valence-corrected chi connectivity index (χ1v) is 6.69. The second kappa shape index (κ2) is 5.19. The van der Waals surface area contributed by atoms with E-state index in [2.05, 4.69) is 15.9 Å². The van der Waals surface area contributed by atoms with Gasteiger partial charge in [-0.05, 0) is 42.8 Å². The van der Waals surface area contributed by atoms with Crippen LogP contribution in [0.2, 0.25) is 5.02 Å². The van der Waals surface area contributed by atoms with E-state index in [-0.39, 0.29) is 5.56 Å². The Morgan fingerprint density at radius 1 is 1.11 bits per heavy atom. The number of halogens is 4. The molecule has 0 amide bonds. The Morgan fingerprint density at radius 2 is 1.79 bits per heavy atom. The molecule has 100 valence electrons. The van der Waals surface area contributed by atoms with Gasteiger partial charge in [0, 0.05) is 15.1 Å². The number of hydrogen-bond acceptors (Lipinski definition) is 1. The standard InChI is InChI=1S/C14H11BrClF2N/c1-14(19,10-4-2-8(15)6-12(10)16)11-7-9(17)3-5-13(11)18/h2-7H,19H2,1H3. The lowest BCUT2D eigenvalue weighted by Crippen LogP contribution is -2.35. The molecular formula is C14H11BrClF2N. The predicted octanol–water partition coefficient (Wildman–Crippen LogP) is 4.60. The SMILES string of the molecule is CC(N)(c1cc(F)ccc1F)c1ccc(Br)cc1Cl. The Bertz CT molecular complexity index is 629. The molecule has 2 aromatic rings. The fourth-order valence-electron chi connectivity index (χ4n) is 1.95. The van der Waals surface area contributed by atoms with E-state index in [4.69, 9.17) is 17.3 Å². The zero-order valence-electron chi connectivity index (χ0n) is 10.1. The van der Waals surface area contributed by atoms with E-state index >= 15 is 0 Å². The van der Waals surface area contributed by atoms with E-state index in [1.165, 1.54) is 0 Å². The van der Waals surface area contributed by atoms with Gasteiger partial charge in [0.05, 0.1) is 5.54 Å². The first-order valence-electron chi connectivity index (χ1n) is 5.52. The molecule has 0 saturated carbocycles. The van der Waals surface area contributed by atoms with Crippen LogP contribution in [0.4, 0.5) is 8.78 Å². The molecule has 0 heterocycles. The molecule has 0 aromatic heterocycles. The summed E-state index contributed by atoms with van der Waals surface area (Å²) < 4.78 is 27.9. The minimum absolute atomic E-state index is 0.0664. The third-order valence-electron chi connectivity index (χ3n) is 2.98. The lowest BCUT2D eigenvalue weighted by Gasteiger charge is -2.27. The van der Waals surface area contributed by atoms with Crippen molar-refractivity contribution in [3.63, 3.8) is 0 Å². The van der Waals surface area contributed by atoms with E-state index in [0.717, 1.165) is 22.7 Å². The van der Waals surface area contributed by atoms with Crippen LogP contribution in [0.25, 0.3) is 0 Å². The van der Waals surface area contributed by atoms with E-state index in [0.29, 0.717) is 10.6 Å². The Balaban J connectivity index is 2.61. The van der Waals surface area contributed by atoms with Crippen molar-refractivity contribution in [3.8, 4) is 0 Å². The van der Waals surface area contributed by atoms with Crippen LogP contribution in [0.15, 0.2) is 40.9 Å². The van der Waals surface area contributed by atoms with Crippen molar-refractivity contribution in [3.05, 3.63) is 68.7 Å². The highest BCUT2D eigenvalue weighted by Crippen LogP contribution is 2.34. The largest absolute Gasteiger partial charge is 0.318 e. The summed E-state index contributed by atoms with van der Waals surface area (Å²) in [5, 5.41) is 0.392. The van der Waals surface area contributed by atoms with E-state index in [9.17, 15) is 8.78 Å². The summed E-state index contributed by atoms with van der Waals surface area (Å²) in [6.07, 6.45) is 0. The first kappa shape index (κ1) is 14.4. The average molecular weight is 347 g/mol. The molecule has 2 N–H and O–H groups in total. The Morgan fingerprint density at radius 3 is 2.42 bits per heavy atom. The molecular weight excluding hydrogens is 336 g/mol. The molecule has 1 unspecified atom stereocenters. The molecule has 19 heavy (non-hydrogen) atoms. The molecule has 5 heteroatoms. The van der Waals surface area contributed by atoms with Gasteiger partial charge in [0.1, 0.15) is 11.6 Å². The maximum absolute atomic E-state index is 13.9. The third-order valence-corrected chi connectivity index (χ3v) is 3.78. The zero-order chi connectivity index (χ0) is 14.2. The molecule has 0 saturated heterocycles. The van der Waals surface area contributed by atoms with Crippen molar-refractivity contribution < 1.29 is 8.78 Å². The second-order valence-electron chi connectivity index (χ2n) is 4.45. The van der Waals surface area contributed by atoms with Crippen LogP contribution in [0.1, 0.15) is 18.1 Å². The highest BCUT2D eigenvalue weighted by molar-refractivity contribution is 9.10. The van der Waals surface area contributed by atoms with Crippen LogP contribution in [-0.2, 0) is 5.54 Å². The first-order chi connectivity index (χ1) is 8.82. The minimum atomic E-state index is -1.22. The summed E-state index contributed by atoms with van der Waals surface area (Å²) in [6.45, 7) is 1.60. The molecule has 1 atom stereocenters. The van der Waals surface area contributed by atoms with Gasteiger partial charge in [0.2, 0.25) is 0 Å². The van der Waals surface area contributed by atoms with Crippen LogP contribution in [0.3, 0.4) is 0 Å². The molecule has 0 bridgehead atoms. The van der Waals surface area contributed by atoms with Gasteiger partial charge in [0.25, 0.3) is 0 Å². The van der Waals surface area contributed by atoms with Gasteiger partial charge < -0.3 is 5.73 Å². The maximum atomic E-state index is 13.9. The fourth-order valence-corrected chi connectivity index (χ4v) is 2.82. The number of nitrogens with two attached hydrogens (primary N) is 1. The summed E-state index contributed by atoms with van der Waals surface area (Å²) in [4.78, 5) is 0. The molecule has 2 rings (SSSR count). The summed E-state index contributed by atoms with van der Waals surface area (Å²) in [6, 6.07) is 8.31. The quantitative estimate of drug-likeness (QED) is 0.845. The van der Waals surface area contributed by atoms with Crippen molar-refractivity contribution in [2.45, 2.75) is 12.5 Å². The van der Waals surface area contributed by atoms with Crippen LogP contribution in [0.5, 0.6) is 0 Å². The monoisotopic (exact) mass is 345 g/mol. The molecule has 0 spiro atoms. The van der Waals surface area contributed by atoms with Crippen LogP contribution in [-0.4, -0.2) is 0 Å². The Labute approximate surface area is 123 Å². The average Bonchev–Trinajstić information content (AvgIpc) is 2.31. The zero-order valence-corrected chi connectivity index (χ0v) is 12.4. The number of hydrogen-bond donors (Lipinski definition) is 1. The van der Waals surface area contributed by atoms with Crippen molar-refractivity contribution in [1.82, 2.24) is 0 Å². The molecule has 2 aromatic carbocycles. The van der Waals surface area contributed by atoms with Gasteiger partial charge in [-0.2, -0.15) is 0 Å².